The van der Waals surface area contributed by atoms with E-state index in [2.05, 4.69) is 28.9 Å². The lowest BCUT2D eigenvalue weighted by Crippen LogP contribution is -2.32. The quantitative estimate of drug-likeness (QED) is 0.488. The smallest absolute Gasteiger partial charge is 0.280 e. The van der Waals surface area contributed by atoms with Crippen molar-refractivity contribution < 1.29 is 4.79 Å². The lowest BCUT2D eigenvalue weighted by molar-refractivity contribution is 0.0996. The molecule has 1 aliphatic heterocycles. The molecule has 0 unspecified atom stereocenters. The van der Waals surface area contributed by atoms with Gasteiger partial charge in [0.2, 0.25) is 0 Å². The first-order chi connectivity index (χ1) is 15.2. The maximum Gasteiger partial charge on any atom is 0.280 e. The number of carbonyl (C=O) groups is 1. The second-order valence-electron chi connectivity index (χ2n) is 7.76. The molecule has 0 aliphatic carbocycles. The van der Waals surface area contributed by atoms with Crippen LogP contribution in [0.4, 0.5) is 0 Å². The third kappa shape index (κ3) is 3.96. The molecule has 0 spiro atoms. The molecule has 0 N–H and O–H groups in total. The minimum Gasteiger partial charge on any atom is -0.319 e. The molecule has 2 aromatic heterocycles. The van der Waals surface area contributed by atoms with Crippen molar-refractivity contribution in [3.05, 3.63) is 93.4 Å². The summed E-state index contributed by atoms with van der Waals surface area (Å²) >= 11 is 1.49. The number of benzene rings is 2. The Hall–Kier alpha value is -3.09. The van der Waals surface area contributed by atoms with E-state index < -0.39 is 0 Å². The van der Waals surface area contributed by atoms with Gasteiger partial charge in [0, 0.05) is 54.3 Å². The summed E-state index contributed by atoms with van der Waals surface area (Å²) < 4.78 is 2.03. The third-order valence-corrected chi connectivity index (χ3v) is 6.63. The number of rotatable bonds is 4. The first-order valence-corrected chi connectivity index (χ1v) is 11.5. The number of hydrogen-bond acceptors (Lipinski definition) is 4. The predicted octanol–water partition coefficient (Wildman–Crippen LogP) is 4.27. The van der Waals surface area contributed by atoms with Crippen molar-refractivity contribution in [1.29, 1.82) is 0 Å². The number of carbonyl (C=O) groups excluding carboxylic acids is 1. The highest BCUT2D eigenvalue weighted by Gasteiger charge is 2.25. The van der Waals surface area contributed by atoms with E-state index >= 15 is 0 Å². The molecule has 31 heavy (non-hydrogen) atoms. The Kier molecular flexibility index (Phi) is 5.49. The van der Waals surface area contributed by atoms with Gasteiger partial charge in [-0.1, -0.05) is 55.5 Å². The fourth-order valence-electron chi connectivity index (χ4n) is 4.19. The minimum absolute atomic E-state index is 0.183. The molecule has 3 heterocycles. The van der Waals surface area contributed by atoms with Gasteiger partial charge in [0.1, 0.15) is 0 Å². The molecular formula is C25H24N4OS. The average Bonchev–Trinajstić information content (AvgIpc) is 3.23. The monoisotopic (exact) mass is 428 g/mol. The molecule has 0 radical (unpaired) electrons. The van der Waals surface area contributed by atoms with Crippen LogP contribution in [-0.4, -0.2) is 33.4 Å². The Labute approximate surface area is 185 Å². The summed E-state index contributed by atoms with van der Waals surface area (Å²) in [5.41, 5.74) is 4.82. The van der Waals surface area contributed by atoms with E-state index in [4.69, 9.17) is 4.98 Å². The summed E-state index contributed by atoms with van der Waals surface area (Å²) in [5.74, 6) is -0.183. The molecule has 1 aliphatic rings. The molecule has 0 bridgehead atoms. The molecule has 5 nitrogen and oxygen atoms in total. The number of para-hydroxylation sites is 1. The molecule has 0 saturated heterocycles. The van der Waals surface area contributed by atoms with Crippen molar-refractivity contribution in [2.75, 3.05) is 13.1 Å². The lowest BCUT2D eigenvalue weighted by Gasteiger charge is -2.28. The zero-order valence-electron chi connectivity index (χ0n) is 17.5. The van der Waals surface area contributed by atoms with Crippen LogP contribution in [0, 0.1) is 0 Å². The number of nitrogens with zero attached hydrogens (tertiary/aromatic N) is 4. The van der Waals surface area contributed by atoms with Crippen LogP contribution in [0.5, 0.6) is 0 Å². The Bertz CT molecular complexity index is 1310. The van der Waals surface area contributed by atoms with Gasteiger partial charge in [-0.3, -0.25) is 14.7 Å². The molecular weight excluding hydrogens is 404 g/mol. The number of thiazole rings is 1. The van der Waals surface area contributed by atoms with Crippen molar-refractivity contribution in [3.63, 3.8) is 0 Å². The first kappa shape index (κ1) is 19.8. The number of amides is 1. The van der Waals surface area contributed by atoms with E-state index in [1.54, 1.807) is 0 Å². The molecule has 0 saturated carbocycles. The van der Waals surface area contributed by atoms with E-state index in [0.717, 1.165) is 48.2 Å². The Balaban J connectivity index is 1.61. The second-order valence-corrected chi connectivity index (χ2v) is 8.64. The van der Waals surface area contributed by atoms with Crippen molar-refractivity contribution in [2.45, 2.75) is 26.4 Å². The van der Waals surface area contributed by atoms with Crippen molar-refractivity contribution in [1.82, 2.24) is 14.5 Å². The number of likely N-dealkylation sites (N-methyl/N-ethyl adjacent to an activating group) is 1. The van der Waals surface area contributed by atoms with Crippen LogP contribution in [0.1, 0.15) is 34.1 Å². The molecule has 4 aromatic rings. The summed E-state index contributed by atoms with van der Waals surface area (Å²) in [4.78, 5) is 26.1. The van der Waals surface area contributed by atoms with E-state index in [1.165, 1.54) is 16.9 Å². The van der Waals surface area contributed by atoms with Crippen molar-refractivity contribution >= 4 is 28.1 Å². The van der Waals surface area contributed by atoms with E-state index in [1.807, 2.05) is 58.6 Å². The van der Waals surface area contributed by atoms with Gasteiger partial charge in [0.25, 0.3) is 5.91 Å². The summed E-state index contributed by atoms with van der Waals surface area (Å²) in [7, 11) is 0. The average molecular weight is 429 g/mol. The minimum atomic E-state index is -0.183. The SMILES string of the molecule is CCN1CCc2nc3ccccc3c(C(=O)N=c3sccn3Cc3ccccc3)c2C1. The summed E-state index contributed by atoms with van der Waals surface area (Å²) in [6, 6.07) is 18.1. The third-order valence-electron chi connectivity index (χ3n) is 5.84. The van der Waals surface area contributed by atoms with Crippen LogP contribution in [0.25, 0.3) is 10.9 Å². The van der Waals surface area contributed by atoms with Gasteiger partial charge in [-0.15, -0.1) is 11.3 Å². The van der Waals surface area contributed by atoms with Crippen LogP contribution >= 0.6 is 11.3 Å². The lowest BCUT2D eigenvalue weighted by atomic mass is 9.95. The topological polar surface area (TPSA) is 50.5 Å². The highest BCUT2D eigenvalue weighted by atomic mass is 32.1. The highest BCUT2D eigenvalue weighted by molar-refractivity contribution is 7.07. The maximum atomic E-state index is 13.6. The van der Waals surface area contributed by atoms with E-state index in [9.17, 15) is 4.79 Å². The van der Waals surface area contributed by atoms with Crippen LogP contribution in [0.2, 0.25) is 0 Å². The molecule has 1 amide bonds. The summed E-state index contributed by atoms with van der Waals surface area (Å²) in [6.45, 7) is 5.52. The zero-order chi connectivity index (χ0) is 21.2. The molecule has 5 rings (SSSR count). The van der Waals surface area contributed by atoms with Gasteiger partial charge < -0.3 is 4.57 Å². The van der Waals surface area contributed by atoms with Crippen LogP contribution in [0.15, 0.2) is 71.2 Å². The maximum absolute atomic E-state index is 13.6. The highest BCUT2D eigenvalue weighted by Crippen LogP contribution is 2.28. The molecule has 0 fully saturated rings. The van der Waals surface area contributed by atoms with Gasteiger partial charge in [-0.25, -0.2) is 0 Å². The fraction of sp³-hybridized carbons (Fsp3) is 0.240. The van der Waals surface area contributed by atoms with Crippen LogP contribution in [-0.2, 0) is 19.5 Å². The Morgan fingerprint density at radius 2 is 1.94 bits per heavy atom. The van der Waals surface area contributed by atoms with Gasteiger partial charge >= 0.3 is 0 Å². The second kappa shape index (κ2) is 8.57. The molecule has 2 aromatic carbocycles. The molecule has 0 atom stereocenters. The summed E-state index contributed by atoms with van der Waals surface area (Å²) in [5, 5.41) is 2.87. The van der Waals surface area contributed by atoms with Gasteiger partial charge in [0.05, 0.1) is 11.1 Å². The summed E-state index contributed by atoms with van der Waals surface area (Å²) in [6.07, 6.45) is 2.85. The van der Waals surface area contributed by atoms with E-state index in [0.29, 0.717) is 16.9 Å². The normalized spacial score (nSPS) is 14.7. The number of fused-ring (bicyclic) bond motifs is 2. The predicted molar refractivity (Wildman–Crippen MR) is 124 cm³/mol. The number of hydrogen-bond donors (Lipinski definition) is 0. The fourth-order valence-corrected chi connectivity index (χ4v) is 4.92. The van der Waals surface area contributed by atoms with Crippen LogP contribution in [0.3, 0.4) is 0 Å². The standard InChI is InChI=1S/C25H24N4OS/c1-2-28-13-12-22-20(17-28)23(19-10-6-7-11-21(19)26-22)24(30)27-25-29(14-15-31-25)16-18-8-4-3-5-9-18/h3-11,14-15H,2,12-13,16-17H2,1H3. The molecule has 156 valence electrons. The Morgan fingerprint density at radius 3 is 2.77 bits per heavy atom. The Morgan fingerprint density at radius 1 is 1.13 bits per heavy atom. The zero-order valence-corrected chi connectivity index (χ0v) is 18.3. The van der Waals surface area contributed by atoms with Crippen LogP contribution < -0.4 is 4.80 Å². The van der Waals surface area contributed by atoms with Gasteiger partial charge in [-0.05, 0) is 18.2 Å². The largest absolute Gasteiger partial charge is 0.319 e. The van der Waals surface area contributed by atoms with Crippen molar-refractivity contribution in [2.24, 2.45) is 4.99 Å². The number of pyridine rings is 1. The van der Waals surface area contributed by atoms with Crippen molar-refractivity contribution in [3.8, 4) is 0 Å². The van der Waals surface area contributed by atoms with E-state index in [-0.39, 0.29) is 5.91 Å². The first-order valence-electron chi connectivity index (χ1n) is 10.6. The molecule has 6 heteroatoms. The number of aromatic nitrogens is 2. The van der Waals surface area contributed by atoms with Gasteiger partial charge in [-0.2, -0.15) is 4.99 Å². The van der Waals surface area contributed by atoms with Gasteiger partial charge in [0.15, 0.2) is 4.80 Å².